The highest BCUT2D eigenvalue weighted by Gasteiger charge is 2.35. The Kier molecular flexibility index (Phi) is 11.4. The minimum Gasteiger partial charge on any atom is -0.481 e. The number of rotatable bonds is 12. The van der Waals surface area contributed by atoms with Crippen molar-refractivity contribution in [3.63, 3.8) is 0 Å². The Labute approximate surface area is 290 Å². The van der Waals surface area contributed by atoms with Crippen LogP contribution in [-0.4, -0.2) is 63.7 Å². The molecule has 1 aromatic heterocycles. The Morgan fingerprint density at radius 1 is 0.922 bits per heavy atom. The second-order valence-corrected chi connectivity index (χ2v) is 12.4. The minimum atomic E-state index is -4.89. The van der Waals surface area contributed by atoms with E-state index in [-0.39, 0.29) is 30.9 Å². The van der Waals surface area contributed by atoms with Crippen molar-refractivity contribution in [2.24, 2.45) is 5.73 Å². The third-order valence-electron chi connectivity index (χ3n) is 8.91. The molecule has 270 valence electrons. The van der Waals surface area contributed by atoms with Crippen LogP contribution in [-0.2, 0) is 30.6 Å². The number of halogens is 4. The molecule has 5 rings (SSSR count). The molecule has 1 fully saturated rings. The number of amides is 1. The molecule has 11 nitrogen and oxygen atoms in total. The molecule has 1 aliphatic rings. The van der Waals surface area contributed by atoms with E-state index < -0.39 is 58.8 Å². The number of hydrogen-bond donors (Lipinski definition) is 3. The molecule has 4 N–H and O–H groups in total. The molecule has 0 unspecified atom stereocenters. The molecule has 0 spiro atoms. The van der Waals surface area contributed by atoms with Crippen LogP contribution >= 0.6 is 0 Å². The maximum Gasteiger partial charge on any atom is 0.416 e. The summed E-state index contributed by atoms with van der Waals surface area (Å²) < 4.78 is 58.8. The van der Waals surface area contributed by atoms with Crippen LogP contribution in [0.1, 0.15) is 50.8 Å². The number of hydrogen-bond acceptors (Lipinski definition) is 7. The van der Waals surface area contributed by atoms with Gasteiger partial charge in [0.1, 0.15) is 11.5 Å². The molecule has 0 aliphatic carbocycles. The van der Waals surface area contributed by atoms with Crippen molar-refractivity contribution in [2.45, 2.75) is 45.2 Å². The van der Waals surface area contributed by atoms with Crippen molar-refractivity contribution >= 4 is 17.6 Å². The van der Waals surface area contributed by atoms with E-state index in [0.29, 0.717) is 43.9 Å². The number of carboxylic acids is 1. The predicted octanol–water partition coefficient (Wildman–Crippen LogP) is 3.75. The standard InChI is InChI=1S/C36H38F4N6O5/c1-23-32(44-17-15-43(16-18-44)20-24-7-5-10-26(19-24)33(49)42-14-13-31(47)48)34(50)46(22-30(41)25-8-3-2-4-9-25)35(51)45(23)21-27-28(36(38,39)40)11-6-12-29(27)37/h2-12,19,30H,13-18,20-22,41H2,1H3,(H,42,49)(H,47,48)/t30-/m0/s1. The summed E-state index contributed by atoms with van der Waals surface area (Å²) in [4.78, 5) is 55.1. The Balaban J connectivity index is 1.43. The molecule has 1 amide bonds. The van der Waals surface area contributed by atoms with Crippen LogP contribution in [0.25, 0.3) is 0 Å². The van der Waals surface area contributed by atoms with Gasteiger partial charge in [-0.3, -0.25) is 28.4 Å². The van der Waals surface area contributed by atoms with E-state index in [1.54, 1.807) is 53.4 Å². The van der Waals surface area contributed by atoms with Crippen molar-refractivity contribution in [1.29, 1.82) is 0 Å². The second-order valence-electron chi connectivity index (χ2n) is 12.4. The molecule has 15 heteroatoms. The lowest BCUT2D eigenvalue weighted by Crippen LogP contribution is -2.51. The van der Waals surface area contributed by atoms with Crippen LogP contribution in [0, 0.1) is 12.7 Å². The van der Waals surface area contributed by atoms with Gasteiger partial charge in [0, 0.05) is 62.1 Å². The first-order valence-electron chi connectivity index (χ1n) is 16.3. The van der Waals surface area contributed by atoms with Crippen LogP contribution in [0.4, 0.5) is 23.2 Å². The number of carbonyl (C=O) groups is 2. The average Bonchev–Trinajstić information content (AvgIpc) is 3.09. The number of piperazine rings is 1. The maximum absolute atomic E-state index is 15.0. The van der Waals surface area contributed by atoms with Crippen molar-refractivity contribution in [3.8, 4) is 0 Å². The molecule has 0 bridgehead atoms. The first kappa shape index (κ1) is 37.0. The zero-order valence-corrected chi connectivity index (χ0v) is 27.8. The smallest absolute Gasteiger partial charge is 0.416 e. The van der Waals surface area contributed by atoms with Gasteiger partial charge in [-0.05, 0) is 42.3 Å². The molecule has 4 aromatic rings. The van der Waals surface area contributed by atoms with Gasteiger partial charge < -0.3 is 21.1 Å². The first-order chi connectivity index (χ1) is 24.2. The van der Waals surface area contributed by atoms with Crippen molar-refractivity contribution in [2.75, 3.05) is 37.6 Å². The number of nitrogens with zero attached hydrogens (tertiary/aromatic N) is 4. The fourth-order valence-corrected chi connectivity index (χ4v) is 6.23. The average molecular weight is 711 g/mol. The number of aromatic nitrogens is 2. The molecule has 1 saturated heterocycles. The number of benzene rings is 3. The Bertz CT molecular complexity index is 2010. The molecular weight excluding hydrogens is 672 g/mol. The van der Waals surface area contributed by atoms with Gasteiger partial charge in [0.15, 0.2) is 0 Å². The molecule has 1 atom stereocenters. The lowest BCUT2D eigenvalue weighted by molar-refractivity contribution is -0.138. The fourth-order valence-electron chi connectivity index (χ4n) is 6.23. The number of anilines is 1. The third-order valence-corrected chi connectivity index (χ3v) is 8.91. The number of carbonyl (C=O) groups excluding carboxylic acids is 1. The highest BCUT2D eigenvalue weighted by molar-refractivity contribution is 5.94. The first-order valence-corrected chi connectivity index (χ1v) is 16.3. The van der Waals surface area contributed by atoms with E-state index in [1.807, 2.05) is 6.07 Å². The van der Waals surface area contributed by atoms with Gasteiger partial charge in [0.05, 0.1) is 25.1 Å². The van der Waals surface area contributed by atoms with Gasteiger partial charge in [0.2, 0.25) is 0 Å². The van der Waals surface area contributed by atoms with Crippen molar-refractivity contribution < 1.29 is 32.3 Å². The molecule has 3 aromatic carbocycles. The summed E-state index contributed by atoms with van der Waals surface area (Å²) in [6.45, 7) is 2.46. The number of aliphatic carboxylic acids is 1. The van der Waals surface area contributed by atoms with E-state index >= 15 is 4.39 Å². The van der Waals surface area contributed by atoms with Gasteiger partial charge in [-0.1, -0.05) is 48.5 Å². The number of carboxylic acid groups (broad SMARTS) is 1. The number of alkyl halides is 3. The van der Waals surface area contributed by atoms with E-state index in [4.69, 9.17) is 10.8 Å². The SMILES string of the molecule is Cc1c(N2CCN(Cc3cccc(C(=O)NCCC(=O)O)c3)CC2)c(=O)n(C[C@H](N)c2ccccc2)c(=O)n1Cc1c(F)cccc1C(F)(F)F. The van der Waals surface area contributed by atoms with Gasteiger partial charge in [0.25, 0.3) is 11.5 Å². The summed E-state index contributed by atoms with van der Waals surface area (Å²) in [5, 5.41) is 11.4. The number of nitrogens with two attached hydrogens (primary N) is 1. The Morgan fingerprint density at radius 3 is 2.27 bits per heavy atom. The topological polar surface area (TPSA) is 143 Å². The van der Waals surface area contributed by atoms with Crippen LogP contribution in [0.15, 0.2) is 82.4 Å². The van der Waals surface area contributed by atoms with E-state index in [9.17, 15) is 32.3 Å². The lowest BCUT2D eigenvalue weighted by Gasteiger charge is -2.37. The summed E-state index contributed by atoms with van der Waals surface area (Å²) >= 11 is 0. The van der Waals surface area contributed by atoms with E-state index in [2.05, 4.69) is 10.2 Å². The second kappa shape index (κ2) is 15.7. The summed E-state index contributed by atoms with van der Waals surface area (Å²) in [7, 11) is 0. The summed E-state index contributed by atoms with van der Waals surface area (Å²) in [5.74, 6) is -2.55. The van der Waals surface area contributed by atoms with Crippen LogP contribution in [0.5, 0.6) is 0 Å². The zero-order chi connectivity index (χ0) is 36.9. The van der Waals surface area contributed by atoms with E-state index in [0.717, 1.165) is 32.9 Å². The van der Waals surface area contributed by atoms with Gasteiger partial charge in [-0.15, -0.1) is 0 Å². The van der Waals surface area contributed by atoms with Gasteiger partial charge in [-0.2, -0.15) is 13.2 Å². The van der Waals surface area contributed by atoms with Crippen LogP contribution in [0.2, 0.25) is 0 Å². The van der Waals surface area contributed by atoms with E-state index in [1.165, 1.54) is 6.92 Å². The molecule has 0 radical (unpaired) electrons. The molecule has 51 heavy (non-hydrogen) atoms. The zero-order valence-electron chi connectivity index (χ0n) is 27.8. The summed E-state index contributed by atoms with van der Waals surface area (Å²) in [6.07, 6.45) is -5.09. The normalized spacial score (nSPS) is 14.4. The van der Waals surface area contributed by atoms with Crippen LogP contribution in [0.3, 0.4) is 0 Å². The number of nitrogens with one attached hydrogen (secondary N) is 1. The maximum atomic E-state index is 15.0. The Morgan fingerprint density at radius 2 is 1.61 bits per heavy atom. The molecular formula is C36H38F4N6O5. The highest BCUT2D eigenvalue weighted by atomic mass is 19.4. The van der Waals surface area contributed by atoms with Crippen molar-refractivity contribution in [3.05, 3.63) is 133 Å². The third kappa shape index (κ3) is 8.72. The Hall–Kier alpha value is -5.28. The fraction of sp³-hybridized carbons (Fsp3) is 0.333. The highest BCUT2D eigenvalue weighted by Crippen LogP contribution is 2.33. The molecule has 0 saturated carbocycles. The van der Waals surface area contributed by atoms with Gasteiger partial charge >= 0.3 is 17.8 Å². The minimum absolute atomic E-state index is 0.00321. The predicted molar refractivity (Wildman–Crippen MR) is 182 cm³/mol. The van der Waals surface area contributed by atoms with Crippen molar-refractivity contribution in [1.82, 2.24) is 19.4 Å². The molecule has 2 heterocycles. The molecule has 1 aliphatic heterocycles. The van der Waals surface area contributed by atoms with Crippen LogP contribution < -0.4 is 27.2 Å². The van der Waals surface area contributed by atoms with Gasteiger partial charge in [-0.25, -0.2) is 9.18 Å². The quantitative estimate of drug-likeness (QED) is 0.189. The summed E-state index contributed by atoms with van der Waals surface area (Å²) in [6, 6.07) is 17.5. The largest absolute Gasteiger partial charge is 0.481 e. The monoisotopic (exact) mass is 710 g/mol. The lowest BCUT2D eigenvalue weighted by atomic mass is 10.1. The summed E-state index contributed by atoms with van der Waals surface area (Å²) in [5.41, 5.74) is 4.98.